The molecule has 1 nitrogen and oxygen atoms in total. The Morgan fingerprint density at radius 1 is 1.38 bits per heavy atom. The maximum absolute atomic E-state index is 12.0. The van der Waals surface area contributed by atoms with Crippen molar-refractivity contribution < 1.29 is 4.79 Å². The summed E-state index contributed by atoms with van der Waals surface area (Å²) in [6.07, 6.45) is 8.87. The maximum atomic E-state index is 12.0. The topological polar surface area (TPSA) is 17.1 Å². The molecular weight excluding hydrogens is 160 g/mol. The molecule has 0 spiro atoms. The lowest BCUT2D eigenvalue weighted by Gasteiger charge is -2.43. The van der Waals surface area contributed by atoms with Crippen LogP contribution < -0.4 is 0 Å². The van der Waals surface area contributed by atoms with E-state index in [1.807, 2.05) is 0 Å². The van der Waals surface area contributed by atoms with E-state index in [1.54, 1.807) is 0 Å². The average Bonchev–Trinajstić information content (AvgIpc) is 2.13. The van der Waals surface area contributed by atoms with Gasteiger partial charge in [0.25, 0.3) is 0 Å². The van der Waals surface area contributed by atoms with Crippen LogP contribution in [0.3, 0.4) is 0 Å². The van der Waals surface area contributed by atoms with Crippen molar-refractivity contribution in [3.63, 3.8) is 0 Å². The monoisotopic (exact) mass is 178 g/mol. The Hall–Kier alpha value is -0.590. The molecule has 1 saturated carbocycles. The van der Waals surface area contributed by atoms with Crippen molar-refractivity contribution >= 4 is 5.78 Å². The summed E-state index contributed by atoms with van der Waals surface area (Å²) in [7, 11) is 0. The number of hydrogen-bond acceptors (Lipinski definition) is 1. The molecule has 1 heteroatoms. The van der Waals surface area contributed by atoms with E-state index in [-0.39, 0.29) is 5.41 Å². The van der Waals surface area contributed by atoms with E-state index in [4.69, 9.17) is 0 Å². The molecule has 2 aliphatic rings. The highest BCUT2D eigenvalue weighted by Gasteiger charge is 2.45. The Morgan fingerprint density at radius 2 is 2.15 bits per heavy atom. The molecule has 0 aromatic heterocycles. The minimum absolute atomic E-state index is 0.0214. The quantitative estimate of drug-likeness (QED) is 0.521. The summed E-state index contributed by atoms with van der Waals surface area (Å²) in [5.41, 5.74) is -0.0214. The first-order valence-electron chi connectivity index (χ1n) is 5.34. The zero-order valence-electron chi connectivity index (χ0n) is 8.55. The first kappa shape index (κ1) is 8.98. The fourth-order valence-corrected chi connectivity index (χ4v) is 2.90. The molecule has 0 bridgehead atoms. The summed E-state index contributed by atoms with van der Waals surface area (Å²) in [6, 6.07) is 0. The summed E-state index contributed by atoms with van der Waals surface area (Å²) >= 11 is 0. The second-order valence-electron chi connectivity index (χ2n) is 4.87. The molecule has 0 N–H and O–H groups in total. The standard InChI is InChI=1S/C12H18O/c1-9-6-7-10-5-3-4-8-12(10,2)11(9)13/h3-4,9-10H,5-8H2,1-2H3. The highest BCUT2D eigenvalue weighted by Crippen LogP contribution is 2.47. The third-order valence-corrected chi connectivity index (χ3v) is 3.99. The van der Waals surface area contributed by atoms with Gasteiger partial charge < -0.3 is 0 Å². The van der Waals surface area contributed by atoms with E-state index in [0.29, 0.717) is 17.6 Å². The van der Waals surface area contributed by atoms with Gasteiger partial charge in [0.2, 0.25) is 0 Å². The third-order valence-electron chi connectivity index (χ3n) is 3.99. The summed E-state index contributed by atoms with van der Waals surface area (Å²) in [5, 5.41) is 0. The van der Waals surface area contributed by atoms with Gasteiger partial charge in [-0.2, -0.15) is 0 Å². The molecular formula is C12H18O. The molecule has 0 aliphatic heterocycles. The zero-order valence-corrected chi connectivity index (χ0v) is 8.55. The molecule has 1 fully saturated rings. The Kier molecular flexibility index (Phi) is 2.05. The molecule has 0 aromatic carbocycles. The van der Waals surface area contributed by atoms with Gasteiger partial charge in [-0.3, -0.25) is 4.79 Å². The van der Waals surface area contributed by atoms with E-state index in [2.05, 4.69) is 26.0 Å². The molecule has 0 saturated heterocycles. The van der Waals surface area contributed by atoms with Gasteiger partial charge in [0.15, 0.2) is 0 Å². The van der Waals surface area contributed by atoms with Crippen molar-refractivity contribution in [2.24, 2.45) is 17.3 Å². The molecule has 0 amide bonds. The largest absolute Gasteiger partial charge is 0.299 e. The number of rotatable bonds is 0. The van der Waals surface area contributed by atoms with Crippen molar-refractivity contribution in [3.8, 4) is 0 Å². The smallest absolute Gasteiger partial charge is 0.142 e. The van der Waals surface area contributed by atoms with Crippen molar-refractivity contribution in [2.75, 3.05) is 0 Å². The first-order chi connectivity index (χ1) is 6.14. The second kappa shape index (κ2) is 2.97. The van der Waals surface area contributed by atoms with Crippen LogP contribution in [0.2, 0.25) is 0 Å². The van der Waals surface area contributed by atoms with E-state index in [0.717, 1.165) is 19.3 Å². The van der Waals surface area contributed by atoms with Crippen molar-refractivity contribution in [3.05, 3.63) is 12.2 Å². The normalized spacial score (nSPS) is 44.6. The van der Waals surface area contributed by atoms with Crippen LogP contribution in [-0.2, 0) is 4.79 Å². The lowest BCUT2D eigenvalue weighted by molar-refractivity contribution is -0.138. The summed E-state index contributed by atoms with van der Waals surface area (Å²) in [6.45, 7) is 4.25. The molecule has 2 rings (SSSR count). The number of ketones is 1. The van der Waals surface area contributed by atoms with Gasteiger partial charge in [-0.25, -0.2) is 0 Å². The number of carbonyl (C=O) groups is 1. The Morgan fingerprint density at radius 3 is 2.92 bits per heavy atom. The number of carbonyl (C=O) groups excluding carboxylic acids is 1. The molecule has 2 aliphatic carbocycles. The van der Waals surface area contributed by atoms with Crippen LogP contribution in [-0.4, -0.2) is 5.78 Å². The van der Waals surface area contributed by atoms with Crippen molar-refractivity contribution in [1.29, 1.82) is 0 Å². The van der Waals surface area contributed by atoms with E-state index < -0.39 is 0 Å². The first-order valence-corrected chi connectivity index (χ1v) is 5.34. The lowest BCUT2D eigenvalue weighted by atomic mass is 9.59. The van der Waals surface area contributed by atoms with Crippen LogP contribution in [0.25, 0.3) is 0 Å². The predicted octanol–water partition coefficient (Wildman–Crippen LogP) is 2.96. The lowest BCUT2D eigenvalue weighted by Crippen LogP contribution is -2.44. The highest BCUT2D eigenvalue weighted by molar-refractivity contribution is 5.87. The van der Waals surface area contributed by atoms with E-state index >= 15 is 0 Å². The average molecular weight is 178 g/mol. The fourth-order valence-electron chi connectivity index (χ4n) is 2.90. The van der Waals surface area contributed by atoms with Crippen LogP contribution in [0.4, 0.5) is 0 Å². The highest BCUT2D eigenvalue weighted by atomic mass is 16.1. The maximum Gasteiger partial charge on any atom is 0.142 e. The number of hydrogen-bond donors (Lipinski definition) is 0. The number of fused-ring (bicyclic) bond motifs is 1. The number of allylic oxidation sites excluding steroid dienone is 2. The van der Waals surface area contributed by atoms with E-state index in [1.165, 1.54) is 6.42 Å². The van der Waals surface area contributed by atoms with Gasteiger partial charge in [-0.15, -0.1) is 0 Å². The molecule has 13 heavy (non-hydrogen) atoms. The molecule has 72 valence electrons. The summed E-state index contributed by atoms with van der Waals surface area (Å²) < 4.78 is 0. The Labute approximate surface area is 80.2 Å². The van der Waals surface area contributed by atoms with E-state index in [9.17, 15) is 4.79 Å². The Bertz CT molecular complexity index is 254. The number of Topliss-reactive ketones (excluding diaryl/α,β-unsaturated/α-hetero) is 1. The van der Waals surface area contributed by atoms with Gasteiger partial charge in [0, 0.05) is 11.3 Å². The SMILES string of the molecule is CC1CCC2CC=CCC2(C)C1=O. The molecule has 0 radical (unpaired) electrons. The minimum atomic E-state index is -0.0214. The van der Waals surface area contributed by atoms with Gasteiger partial charge in [0.05, 0.1) is 0 Å². The van der Waals surface area contributed by atoms with Crippen LogP contribution in [0.1, 0.15) is 39.5 Å². The second-order valence-corrected chi connectivity index (χ2v) is 4.87. The predicted molar refractivity (Wildman–Crippen MR) is 53.4 cm³/mol. The molecule has 3 atom stereocenters. The zero-order chi connectivity index (χ0) is 9.47. The van der Waals surface area contributed by atoms with Crippen molar-refractivity contribution in [2.45, 2.75) is 39.5 Å². The summed E-state index contributed by atoms with van der Waals surface area (Å²) in [4.78, 5) is 12.0. The van der Waals surface area contributed by atoms with Crippen LogP contribution in [0.15, 0.2) is 12.2 Å². The third kappa shape index (κ3) is 1.25. The molecule has 3 unspecified atom stereocenters. The van der Waals surface area contributed by atoms with Crippen LogP contribution >= 0.6 is 0 Å². The fraction of sp³-hybridized carbons (Fsp3) is 0.750. The van der Waals surface area contributed by atoms with Gasteiger partial charge in [-0.1, -0.05) is 26.0 Å². The van der Waals surface area contributed by atoms with Gasteiger partial charge >= 0.3 is 0 Å². The van der Waals surface area contributed by atoms with Crippen LogP contribution in [0, 0.1) is 17.3 Å². The summed E-state index contributed by atoms with van der Waals surface area (Å²) in [5.74, 6) is 1.43. The molecule has 0 aromatic rings. The van der Waals surface area contributed by atoms with Gasteiger partial charge in [0.1, 0.15) is 5.78 Å². The van der Waals surface area contributed by atoms with Crippen molar-refractivity contribution in [1.82, 2.24) is 0 Å². The van der Waals surface area contributed by atoms with Crippen LogP contribution in [0.5, 0.6) is 0 Å². The molecule has 0 heterocycles. The minimum Gasteiger partial charge on any atom is -0.299 e. The Balaban J connectivity index is 2.29. The van der Waals surface area contributed by atoms with Gasteiger partial charge in [-0.05, 0) is 31.6 Å².